The van der Waals surface area contributed by atoms with Crippen molar-refractivity contribution < 1.29 is 18.7 Å². The summed E-state index contributed by atoms with van der Waals surface area (Å²) in [4.78, 5) is 32.1. The first-order chi connectivity index (χ1) is 11.6. The van der Waals surface area contributed by atoms with Gasteiger partial charge in [0.25, 0.3) is 5.91 Å². The van der Waals surface area contributed by atoms with Gasteiger partial charge in [-0.1, -0.05) is 0 Å². The number of pyridine rings is 1. The molecule has 24 heavy (non-hydrogen) atoms. The van der Waals surface area contributed by atoms with E-state index in [2.05, 4.69) is 4.98 Å². The summed E-state index contributed by atoms with van der Waals surface area (Å²) < 4.78 is 19.0. The largest absolute Gasteiger partial charge is 0.376 e. The van der Waals surface area contributed by atoms with E-state index in [1.54, 1.807) is 4.90 Å². The number of halogens is 1. The van der Waals surface area contributed by atoms with Gasteiger partial charge in [-0.25, -0.2) is 4.39 Å². The van der Waals surface area contributed by atoms with E-state index in [1.165, 1.54) is 11.1 Å². The van der Waals surface area contributed by atoms with Gasteiger partial charge in [0, 0.05) is 32.4 Å². The lowest BCUT2D eigenvalue weighted by Gasteiger charge is -2.27. The number of carbonyl (C=O) groups is 2. The van der Waals surface area contributed by atoms with Crippen LogP contribution in [0.15, 0.2) is 18.5 Å². The summed E-state index contributed by atoms with van der Waals surface area (Å²) in [5, 5.41) is 0. The smallest absolute Gasteiger partial charge is 0.256 e. The fourth-order valence-corrected chi connectivity index (χ4v) is 3.19. The van der Waals surface area contributed by atoms with E-state index in [-0.39, 0.29) is 30.0 Å². The molecule has 3 rings (SSSR count). The lowest BCUT2D eigenvalue weighted by atomic mass is 10.2. The second-order valence-corrected chi connectivity index (χ2v) is 6.30. The Hall–Kier alpha value is -2.02. The van der Waals surface area contributed by atoms with Crippen molar-refractivity contribution in [3.05, 3.63) is 29.8 Å². The summed E-state index contributed by atoms with van der Waals surface area (Å²) in [5.41, 5.74) is 0.155. The molecule has 0 spiro atoms. The normalized spacial score (nSPS) is 20.4. The fourth-order valence-electron chi connectivity index (χ4n) is 3.19. The molecule has 0 aliphatic carbocycles. The molecular formula is C17H22FN3O3. The number of nitrogens with zero attached hydrogens (tertiary/aromatic N) is 3. The maximum atomic E-state index is 13.4. The van der Waals surface area contributed by atoms with Crippen LogP contribution in [-0.4, -0.2) is 65.5 Å². The van der Waals surface area contributed by atoms with Gasteiger partial charge in [0.1, 0.15) is 12.4 Å². The Kier molecular flexibility index (Phi) is 5.40. The minimum absolute atomic E-state index is 0.00476. The molecule has 2 saturated heterocycles. The van der Waals surface area contributed by atoms with Crippen LogP contribution >= 0.6 is 0 Å². The summed E-state index contributed by atoms with van der Waals surface area (Å²) in [7, 11) is 0. The summed E-state index contributed by atoms with van der Waals surface area (Å²) in [6.07, 6.45) is 6.13. The number of amides is 2. The molecule has 2 aliphatic heterocycles. The van der Waals surface area contributed by atoms with Gasteiger partial charge in [-0.15, -0.1) is 0 Å². The highest BCUT2D eigenvalue weighted by atomic mass is 19.1. The van der Waals surface area contributed by atoms with Crippen LogP contribution in [-0.2, 0) is 9.53 Å². The highest BCUT2D eigenvalue weighted by molar-refractivity contribution is 5.96. The number of ether oxygens (including phenoxy) is 1. The summed E-state index contributed by atoms with van der Waals surface area (Å²) in [5.74, 6) is -1.02. The highest BCUT2D eigenvalue weighted by Gasteiger charge is 2.28. The van der Waals surface area contributed by atoms with E-state index in [1.807, 2.05) is 0 Å². The van der Waals surface area contributed by atoms with Gasteiger partial charge in [0.2, 0.25) is 5.91 Å². The average molecular weight is 335 g/mol. The Morgan fingerprint density at radius 3 is 2.75 bits per heavy atom. The molecule has 3 heterocycles. The molecule has 1 atom stereocenters. The van der Waals surface area contributed by atoms with E-state index in [4.69, 9.17) is 4.74 Å². The zero-order chi connectivity index (χ0) is 16.9. The zero-order valence-corrected chi connectivity index (χ0v) is 13.6. The van der Waals surface area contributed by atoms with Crippen LogP contribution in [0.4, 0.5) is 4.39 Å². The third kappa shape index (κ3) is 4.08. The third-order valence-corrected chi connectivity index (χ3v) is 4.47. The molecule has 1 aromatic heterocycles. The minimum atomic E-state index is -0.566. The average Bonchev–Trinajstić information content (AvgIpc) is 3.27. The molecule has 130 valence electrons. The predicted molar refractivity (Wildman–Crippen MR) is 84.9 cm³/mol. The second-order valence-electron chi connectivity index (χ2n) is 6.30. The van der Waals surface area contributed by atoms with Crippen molar-refractivity contribution in [3.8, 4) is 0 Å². The molecule has 0 bridgehead atoms. The Morgan fingerprint density at radius 2 is 2.08 bits per heavy atom. The number of hydrogen-bond donors (Lipinski definition) is 0. The van der Waals surface area contributed by atoms with Crippen LogP contribution in [0.5, 0.6) is 0 Å². The highest BCUT2D eigenvalue weighted by Crippen LogP contribution is 2.16. The maximum Gasteiger partial charge on any atom is 0.256 e. The van der Waals surface area contributed by atoms with Gasteiger partial charge >= 0.3 is 0 Å². The van der Waals surface area contributed by atoms with E-state index in [0.29, 0.717) is 13.2 Å². The summed E-state index contributed by atoms with van der Waals surface area (Å²) in [6.45, 7) is 2.49. The van der Waals surface area contributed by atoms with Crippen LogP contribution in [0, 0.1) is 5.82 Å². The first kappa shape index (κ1) is 16.8. The molecule has 1 aromatic rings. The van der Waals surface area contributed by atoms with Crippen molar-refractivity contribution in [1.29, 1.82) is 0 Å². The van der Waals surface area contributed by atoms with Crippen LogP contribution in [0.25, 0.3) is 0 Å². The lowest BCUT2D eigenvalue weighted by molar-refractivity contribution is -0.131. The molecule has 2 fully saturated rings. The molecule has 0 radical (unpaired) electrons. The summed E-state index contributed by atoms with van der Waals surface area (Å²) >= 11 is 0. The first-order valence-electron chi connectivity index (χ1n) is 8.42. The van der Waals surface area contributed by atoms with Crippen molar-refractivity contribution in [3.63, 3.8) is 0 Å². The van der Waals surface area contributed by atoms with Gasteiger partial charge in [-0.2, -0.15) is 0 Å². The van der Waals surface area contributed by atoms with Crippen molar-refractivity contribution in [2.75, 3.05) is 32.8 Å². The lowest BCUT2D eigenvalue weighted by Crippen LogP contribution is -2.45. The Labute approximate surface area is 140 Å². The topological polar surface area (TPSA) is 62.7 Å². The number of rotatable bonds is 5. The SMILES string of the molecule is O=C(CN(CC1CCCO1)C(=O)c1cncc(F)c1)N1CCCC1. The van der Waals surface area contributed by atoms with Crippen molar-refractivity contribution in [2.45, 2.75) is 31.8 Å². The number of aromatic nitrogens is 1. The molecule has 1 unspecified atom stereocenters. The van der Waals surface area contributed by atoms with E-state index < -0.39 is 5.82 Å². The zero-order valence-electron chi connectivity index (χ0n) is 13.6. The number of likely N-dealkylation sites (tertiary alicyclic amines) is 1. The predicted octanol–water partition coefficient (Wildman–Crippen LogP) is 1.46. The Morgan fingerprint density at radius 1 is 1.29 bits per heavy atom. The number of carbonyl (C=O) groups excluding carboxylic acids is 2. The monoisotopic (exact) mass is 335 g/mol. The maximum absolute atomic E-state index is 13.4. The van der Waals surface area contributed by atoms with Crippen molar-refractivity contribution >= 4 is 11.8 Å². The van der Waals surface area contributed by atoms with E-state index in [0.717, 1.165) is 51.0 Å². The first-order valence-corrected chi connectivity index (χ1v) is 8.42. The summed E-state index contributed by atoms with van der Waals surface area (Å²) in [6, 6.07) is 1.15. The molecule has 0 aromatic carbocycles. The molecule has 6 nitrogen and oxygen atoms in total. The standard InChI is InChI=1S/C17H22FN3O3/c18-14-8-13(9-19-10-14)17(23)21(11-15-4-3-7-24-15)12-16(22)20-5-1-2-6-20/h8-10,15H,1-7,11-12H2. The quantitative estimate of drug-likeness (QED) is 0.817. The fraction of sp³-hybridized carbons (Fsp3) is 0.588. The third-order valence-electron chi connectivity index (χ3n) is 4.47. The van der Waals surface area contributed by atoms with E-state index in [9.17, 15) is 14.0 Å². The molecule has 0 N–H and O–H groups in total. The Bertz CT molecular complexity index is 598. The van der Waals surface area contributed by atoms with Crippen LogP contribution < -0.4 is 0 Å². The minimum Gasteiger partial charge on any atom is -0.376 e. The molecular weight excluding hydrogens is 313 g/mol. The van der Waals surface area contributed by atoms with Gasteiger partial charge in [0.15, 0.2) is 0 Å². The van der Waals surface area contributed by atoms with Crippen molar-refractivity contribution in [2.24, 2.45) is 0 Å². The Balaban J connectivity index is 1.72. The molecule has 2 aliphatic rings. The van der Waals surface area contributed by atoms with Gasteiger partial charge in [-0.3, -0.25) is 14.6 Å². The van der Waals surface area contributed by atoms with Crippen molar-refractivity contribution in [1.82, 2.24) is 14.8 Å². The van der Waals surface area contributed by atoms with Crippen LogP contribution in [0.2, 0.25) is 0 Å². The van der Waals surface area contributed by atoms with E-state index >= 15 is 0 Å². The number of hydrogen-bond acceptors (Lipinski definition) is 4. The van der Waals surface area contributed by atoms with Gasteiger partial charge in [-0.05, 0) is 31.7 Å². The van der Waals surface area contributed by atoms with Gasteiger partial charge in [0.05, 0.1) is 17.9 Å². The molecule has 2 amide bonds. The molecule has 7 heteroatoms. The van der Waals surface area contributed by atoms with Gasteiger partial charge < -0.3 is 14.5 Å². The van der Waals surface area contributed by atoms with Crippen LogP contribution in [0.3, 0.4) is 0 Å². The second kappa shape index (κ2) is 7.70. The molecule has 0 saturated carbocycles. The van der Waals surface area contributed by atoms with Crippen LogP contribution in [0.1, 0.15) is 36.0 Å².